The Balaban J connectivity index is 3.03. The Morgan fingerprint density at radius 3 is 2.62 bits per heavy atom. The van der Waals surface area contributed by atoms with E-state index in [-0.39, 0.29) is 11.2 Å². The van der Waals surface area contributed by atoms with Gasteiger partial charge in [-0.05, 0) is 11.6 Å². The molecule has 13 heavy (non-hydrogen) atoms. The first-order valence-electron chi connectivity index (χ1n) is 3.42. The van der Waals surface area contributed by atoms with Gasteiger partial charge in [-0.25, -0.2) is 0 Å². The molecule has 1 N–H and O–H groups in total. The topological polar surface area (TPSA) is 71.0 Å². The molecule has 1 aromatic heterocycles. The maximum Gasteiger partial charge on any atom is 0.235 e. The highest BCUT2D eigenvalue weighted by molar-refractivity contribution is 6.28. The maximum atomic E-state index is 10.1. The molecule has 0 saturated carbocycles. The second-order valence-corrected chi connectivity index (χ2v) is 2.72. The number of anilines is 2. The summed E-state index contributed by atoms with van der Waals surface area (Å²) in [5.41, 5.74) is 0. The second kappa shape index (κ2) is 3.99. The SMILES string of the molecule is CN(C)c1nc(Cl)nc(NC=O)n1. The third-order valence-electron chi connectivity index (χ3n) is 1.18. The van der Waals surface area contributed by atoms with Crippen molar-refractivity contribution in [2.75, 3.05) is 24.3 Å². The van der Waals surface area contributed by atoms with Gasteiger partial charge in [0.05, 0.1) is 0 Å². The van der Waals surface area contributed by atoms with E-state index >= 15 is 0 Å². The Morgan fingerprint density at radius 2 is 2.08 bits per heavy atom. The van der Waals surface area contributed by atoms with Gasteiger partial charge in [0.25, 0.3) is 0 Å². The summed E-state index contributed by atoms with van der Waals surface area (Å²) >= 11 is 5.58. The van der Waals surface area contributed by atoms with E-state index in [9.17, 15) is 4.79 Å². The fourth-order valence-electron chi connectivity index (χ4n) is 0.657. The molecular formula is C6H8ClN5O. The van der Waals surface area contributed by atoms with Crippen molar-refractivity contribution in [3.8, 4) is 0 Å². The zero-order chi connectivity index (χ0) is 9.84. The van der Waals surface area contributed by atoms with Gasteiger partial charge in [-0.3, -0.25) is 10.1 Å². The predicted molar refractivity (Wildman–Crippen MR) is 48.9 cm³/mol. The zero-order valence-electron chi connectivity index (χ0n) is 7.15. The van der Waals surface area contributed by atoms with Crippen LogP contribution in [0.5, 0.6) is 0 Å². The Labute approximate surface area is 80.0 Å². The summed E-state index contributed by atoms with van der Waals surface area (Å²) in [6, 6.07) is 0. The number of hydrogen-bond donors (Lipinski definition) is 1. The molecule has 1 heterocycles. The van der Waals surface area contributed by atoms with Crippen molar-refractivity contribution in [2.24, 2.45) is 0 Å². The number of carbonyl (C=O) groups excluding carboxylic acids is 1. The summed E-state index contributed by atoms with van der Waals surface area (Å²) in [4.78, 5) is 23.2. The smallest absolute Gasteiger partial charge is 0.235 e. The van der Waals surface area contributed by atoms with E-state index in [1.54, 1.807) is 19.0 Å². The van der Waals surface area contributed by atoms with Gasteiger partial charge in [-0.15, -0.1) is 0 Å². The third-order valence-corrected chi connectivity index (χ3v) is 1.35. The lowest BCUT2D eigenvalue weighted by molar-refractivity contribution is -0.105. The van der Waals surface area contributed by atoms with Crippen molar-refractivity contribution in [3.05, 3.63) is 5.28 Å². The van der Waals surface area contributed by atoms with Gasteiger partial charge in [0.2, 0.25) is 23.6 Å². The number of halogens is 1. The van der Waals surface area contributed by atoms with E-state index in [1.165, 1.54) is 0 Å². The van der Waals surface area contributed by atoms with Gasteiger partial charge in [0.15, 0.2) is 0 Å². The molecule has 0 aromatic carbocycles. The summed E-state index contributed by atoms with van der Waals surface area (Å²) in [6.45, 7) is 0. The number of amides is 1. The number of carbonyl (C=O) groups is 1. The van der Waals surface area contributed by atoms with Crippen LogP contribution < -0.4 is 10.2 Å². The quantitative estimate of drug-likeness (QED) is 0.706. The van der Waals surface area contributed by atoms with E-state index in [0.717, 1.165) is 0 Å². The maximum absolute atomic E-state index is 10.1. The number of nitrogens with one attached hydrogen (secondary N) is 1. The molecule has 0 aliphatic carbocycles. The summed E-state index contributed by atoms with van der Waals surface area (Å²) in [7, 11) is 3.52. The zero-order valence-corrected chi connectivity index (χ0v) is 7.91. The lowest BCUT2D eigenvalue weighted by Crippen LogP contribution is -2.14. The molecule has 7 heteroatoms. The largest absolute Gasteiger partial charge is 0.347 e. The number of hydrogen-bond acceptors (Lipinski definition) is 5. The van der Waals surface area contributed by atoms with Gasteiger partial charge in [0.1, 0.15) is 0 Å². The predicted octanol–water partition coefficient (Wildman–Crippen LogP) is 0.159. The van der Waals surface area contributed by atoms with Crippen LogP contribution in [0.25, 0.3) is 0 Å². The highest BCUT2D eigenvalue weighted by atomic mass is 35.5. The summed E-state index contributed by atoms with van der Waals surface area (Å²) in [5.74, 6) is 0.531. The van der Waals surface area contributed by atoms with E-state index in [4.69, 9.17) is 11.6 Å². The molecule has 0 radical (unpaired) electrons. The van der Waals surface area contributed by atoms with Gasteiger partial charge < -0.3 is 4.90 Å². The van der Waals surface area contributed by atoms with E-state index in [0.29, 0.717) is 12.4 Å². The fraction of sp³-hybridized carbons (Fsp3) is 0.333. The first-order valence-corrected chi connectivity index (χ1v) is 3.80. The molecule has 0 bridgehead atoms. The Morgan fingerprint density at radius 1 is 1.38 bits per heavy atom. The molecule has 0 aliphatic heterocycles. The molecule has 70 valence electrons. The minimum atomic E-state index is 0.0445. The van der Waals surface area contributed by atoms with Gasteiger partial charge >= 0.3 is 0 Å². The average Bonchev–Trinajstić information content (AvgIpc) is 2.03. The van der Waals surface area contributed by atoms with Crippen LogP contribution in [0.1, 0.15) is 0 Å². The first kappa shape index (κ1) is 9.66. The van der Waals surface area contributed by atoms with Crippen molar-refractivity contribution in [1.29, 1.82) is 0 Å². The van der Waals surface area contributed by atoms with E-state index in [1.807, 2.05) is 0 Å². The highest BCUT2D eigenvalue weighted by Crippen LogP contribution is 2.10. The van der Waals surface area contributed by atoms with Crippen LogP contribution in [0.2, 0.25) is 5.28 Å². The normalized spacial score (nSPS) is 9.46. The van der Waals surface area contributed by atoms with Gasteiger partial charge in [0, 0.05) is 14.1 Å². The van der Waals surface area contributed by atoms with Crippen LogP contribution in [-0.2, 0) is 4.79 Å². The van der Waals surface area contributed by atoms with Crippen molar-refractivity contribution < 1.29 is 4.79 Å². The molecule has 0 fully saturated rings. The van der Waals surface area contributed by atoms with Gasteiger partial charge in [-0.2, -0.15) is 15.0 Å². The average molecular weight is 202 g/mol. The molecule has 0 atom stereocenters. The van der Waals surface area contributed by atoms with Crippen LogP contribution in [0.15, 0.2) is 0 Å². The number of nitrogens with zero attached hydrogens (tertiary/aromatic N) is 4. The second-order valence-electron chi connectivity index (χ2n) is 2.38. The minimum absolute atomic E-state index is 0.0445. The Bertz CT molecular complexity index is 316. The molecule has 1 aromatic rings. The van der Waals surface area contributed by atoms with Crippen LogP contribution in [-0.4, -0.2) is 35.5 Å². The van der Waals surface area contributed by atoms with Gasteiger partial charge in [-0.1, -0.05) is 0 Å². The Hall–Kier alpha value is -1.43. The third kappa shape index (κ3) is 2.51. The first-order chi connectivity index (χ1) is 6.13. The number of rotatable bonds is 3. The van der Waals surface area contributed by atoms with Crippen LogP contribution >= 0.6 is 11.6 Å². The molecule has 0 saturated heterocycles. The lowest BCUT2D eigenvalue weighted by Gasteiger charge is -2.09. The van der Waals surface area contributed by atoms with Crippen molar-refractivity contribution in [3.63, 3.8) is 0 Å². The summed E-state index contributed by atoms with van der Waals surface area (Å²) in [6.07, 6.45) is 0.477. The van der Waals surface area contributed by atoms with Crippen molar-refractivity contribution in [1.82, 2.24) is 15.0 Å². The molecule has 0 unspecified atom stereocenters. The fourth-order valence-corrected chi connectivity index (χ4v) is 0.813. The summed E-state index contributed by atoms with van der Waals surface area (Å²) in [5, 5.41) is 2.33. The molecule has 1 amide bonds. The van der Waals surface area contributed by atoms with Crippen molar-refractivity contribution in [2.45, 2.75) is 0 Å². The molecular weight excluding hydrogens is 194 g/mol. The highest BCUT2D eigenvalue weighted by Gasteiger charge is 2.05. The standard InChI is InChI=1S/C6H8ClN5O/c1-12(2)6-10-4(7)9-5(11-6)8-3-13/h3H,1-2H3,(H,8,9,10,11,13). The molecule has 1 rings (SSSR count). The van der Waals surface area contributed by atoms with Crippen LogP contribution in [0, 0.1) is 0 Å². The van der Waals surface area contributed by atoms with Crippen LogP contribution in [0.4, 0.5) is 11.9 Å². The number of aromatic nitrogens is 3. The van der Waals surface area contributed by atoms with Crippen LogP contribution in [0.3, 0.4) is 0 Å². The summed E-state index contributed by atoms with van der Waals surface area (Å²) < 4.78 is 0. The monoisotopic (exact) mass is 201 g/mol. The van der Waals surface area contributed by atoms with E-state index < -0.39 is 0 Å². The van der Waals surface area contributed by atoms with E-state index in [2.05, 4.69) is 20.3 Å². The Kier molecular flexibility index (Phi) is 2.97. The van der Waals surface area contributed by atoms with Crippen molar-refractivity contribution >= 4 is 29.9 Å². The minimum Gasteiger partial charge on any atom is -0.347 e. The molecule has 0 aliphatic rings. The molecule has 6 nitrogen and oxygen atoms in total. The molecule has 0 spiro atoms. The lowest BCUT2D eigenvalue weighted by atomic mass is 10.8.